The molecule has 1 aromatic carbocycles. The van der Waals surface area contributed by atoms with Gasteiger partial charge in [-0.05, 0) is 56.5 Å². The molecule has 1 atom stereocenters. The van der Waals surface area contributed by atoms with E-state index in [0.717, 1.165) is 48.3 Å². The third kappa shape index (κ3) is 3.17. The zero-order valence-electron chi connectivity index (χ0n) is 15.1. The first-order valence-corrected chi connectivity index (χ1v) is 11.0. The maximum absolute atomic E-state index is 11.8. The molecular formula is C18H23ClN4O2S. The topological polar surface area (TPSA) is 76.0 Å². The standard InChI is InChI=1S/C18H23ClN4O2S/c1-11-16-15(4-7-20-11)17(23(2)21-16)12-8-13(10-14(19)9-12)18(5-6-18)22-26(3,24)25/h8-11,20,22H,4-7H2,1-3H3. The maximum atomic E-state index is 11.8. The van der Waals surface area contributed by atoms with Gasteiger partial charge in [-0.15, -0.1) is 0 Å². The van der Waals surface area contributed by atoms with Crippen molar-refractivity contribution < 1.29 is 8.42 Å². The van der Waals surface area contributed by atoms with Gasteiger partial charge in [-0.1, -0.05) is 11.6 Å². The molecule has 140 valence electrons. The van der Waals surface area contributed by atoms with Crippen molar-refractivity contribution in [3.63, 3.8) is 0 Å². The van der Waals surface area contributed by atoms with Gasteiger partial charge < -0.3 is 5.32 Å². The Balaban J connectivity index is 1.82. The van der Waals surface area contributed by atoms with Gasteiger partial charge in [0, 0.05) is 29.2 Å². The van der Waals surface area contributed by atoms with Crippen LogP contribution in [0.2, 0.25) is 5.02 Å². The van der Waals surface area contributed by atoms with E-state index in [-0.39, 0.29) is 6.04 Å². The van der Waals surface area contributed by atoms with E-state index in [1.807, 2.05) is 23.9 Å². The fraction of sp³-hybridized carbons (Fsp3) is 0.500. The Morgan fingerprint density at radius 2 is 2.08 bits per heavy atom. The van der Waals surface area contributed by atoms with Crippen LogP contribution < -0.4 is 10.0 Å². The number of hydrogen-bond donors (Lipinski definition) is 2. The molecular weight excluding hydrogens is 372 g/mol. The van der Waals surface area contributed by atoms with Crippen LogP contribution in [0.5, 0.6) is 0 Å². The minimum absolute atomic E-state index is 0.221. The number of halogens is 1. The molecule has 6 nitrogen and oxygen atoms in total. The number of nitrogens with zero attached hydrogens (tertiary/aromatic N) is 2. The molecule has 1 aliphatic heterocycles. The van der Waals surface area contributed by atoms with E-state index in [2.05, 4.69) is 23.0 Å². The fourth-order valence-corrected chi connectivity index (χ4v) is 5.25. The molecule has 1 aromatic heterocycles. The number of nitrogens with one attached hydrogen (secondary N) is 2. The van der Waals surface area contributed by atoms with E-state index in [1.165, 1.54) is 11.8 Å². The number of aryl methyl sites for hydroxylation is 1. The fourth-order valence-electron chi connectivity index (χ4n) is 3.99. The van der Waals surface area contributed by atoms with Crippen LogP contribution in [0.15, 0.2) is 18.2 Å². The Hall–Kier alpha value is -1.41. The molecule has 2 aliphatic rings. The number of benzene rings is 1. The van der Waals surface area contributed by atoms with Crippen LogP contribution in [0.25, 0.3) is 11.3 Å². The Kier molecular flexibility index (Phi) is 4.19. The van der Waals surface area contributed by atoms with Gasteiger partial charge in [0.05, 0.1) is 23.2 Å². The predicted molar refractivity (Wildman–Crippen MR) is 103 cm³/mol. The molecule has 0 radical (unpaired) electrons. The summed E-state index contributed by atoms with van der Waals surface area (Å²) in [4.78, 5) is 0. The lowest BCUT2D eigenvalue weighted by atomic mass is 9.95. The second-order valence-electron chi connectivity index (χ2n) is 7.45. The minimum Gasteiger partial charge on any atom is -0.308 e. The highest BCUT2D eigenvalue weighted by Gasteiger charge is 2.47. The number of hydrogen-bond acceptors (Lipinski definition) is 4. The quantitative estimate of drug-likeness (QED) is 0.835. The molecule has 2 N–H and O–H groups in total. The summed E-state index contributed by atoms with van der Waals surface area (Å²) in [6.07, 6.45) is 3.68. The summed E-state index contributed by atoms with van der Waals surface area (Å²) in [6.45, 7) is 3.03. The molecule has 1 saturated carbocycles. The van der Waals surface area contributed by atoms with Gasteiger partial charge in [0.2, 0.25) is 10.0 Å². The zero-order valence-corrected chi connectivity index (χ0v) is 16.7. The van der Waals surface area contributed by atoms with Gasteiger partial charge in [-0.2, -0.15) is 5.10 Å². The van der Waals surface area contributed by atoms with Crippen molar-refractivity contribution in [2.45, 2.75) is 37.8 Å². The lowest BCUT2D eigenvalue weighted by molar-refractivity contribution is 0.525. The predicted octanol–water partition coefficient (Wildman–Crippen LogP) is 2.49. The van der Waals surface area contributed by atoms with Crippen molar-refractivity contribution in [1.82, 2.24) is 19.8 Å². The van der Waals surface area contributed by atoms with Gasteiger partial charge in [0.15, 0.2) is 0 Å². The Morgan fingerprint density at radius 3 is 2.73 bits per heavy atom. The first-order valence-electron chi connectivity index (χ1n) is 8.78. The average Bonchev–Trinajstić information content (AvgIpc) is 3.20. The highest BCUT2D eigenvalue weighted by molar-refractivity contribution is 7.88. The van der Waals surface area contributed by atoms with Crippen molar-refractivity contribution in [2.24, 2.45) is 7.05 Å². The zero-order chi connectivity index (χ0) is 18.7. The van der Waals surface area contributed by atoms with Crippen molar-refractivity contribution >= 4 is 21.6 Å². The van der Waals surface area contributed by atoms with Gasteiger partial charge >= 0.3 is 0 Å². The van der Waals surface area contributed by atoms with Crippen LogP contribution in [-0.4, -0.2) is 31.0 Å². The number of fused-ring (bicyclic) bond motifs is 1. The van der Waals surface area contributed by atoms with Crippen LogP contribution >= 0.6 is 11.6 Å². The second kappa shape index (κ2) is 6.05. The van der Waals surface area contributed by atoms with Gasteiger partial charge in [-0.25, -0.2) is 13.1 Å². The molecule has 1 fully saturated rings. The second-order valence-corrected chi connectivity index (χ2v) is 9.63. The van der Waals surface area contributed by atoms with Crippen molar-refractivity contribution in [3.8, 4) is 11.3 Å². The molecule has 26 heavy (non-hydrogen) atoms. The summed E-state index contributed by atoms with van der Waals surface area (Å²) >= 11 is 6.42. The van der Waals surface area contributed by atoms with Crippen LogP contribution in [0.1, 0.15) is 42.6 Å². The van der Waals surface area contributed by atoms with Crippen molar-refractivity contribution in [3.05, 3.63) is 40.0 Å². The van der Waals surface area contributed by atoms with E-state index in [1.54, 1.807) is 0 Å². The maximum Gasteiger partial charge on any atom is 0.209 e. The Bertz CT molecular complexity index is 979. The van der Waals surface area contributed by atoms with Gasteiger partial charge in [-0.3, -0.25) is 4.68 Å². The van der Waals surface area contributed by atoms with Crippen molar-refractivity contribution in [2.75, 3.05) is 12.8 Å². The first kappa shape index (κ1) is 18.0. The summed E-state index contributed by atoms with van der Waals surface area (Å²) in [5, 5.41) is 8.75. The Labute approximate surface area is 159 Å². The normalized spacial score (nSPS) is 21.5. The summed E-state index contributed by atoms with van der Waals surface area (Å²) in [5.74, 6) is 0. The van der Waals surface area contributed by atoms with Crippen LogP contribution in [0.4, 0.5) is 0 Å². The molecule has 0 saturated heterocycles. The van der Waals surface area contributed by atoms with Crippen LogP contribution in [-0.2, 0) is 29.0 Å². The van der Waals surface area contributed by atoms with E-state index in [9.17, 15) is 8.42 Å². The lowest BCUT2D eigenvalue weighted by Gasteiger charge is -2.21. The monoisotopic (exact) mass is 394 g/mol. The third-order valence-electron chi connectivity index (χ3n) is 5.27. The van der Waals surface area contributed by atoms with E-state index in [0.29, 0.717) is 5.02 Å². The molecule has 0 amide bonds. The summed E-state index contributed by atoms with van der Waals surface area (Å²) in [5.41, 5.74) is 4.76. The average molecular weight is 395 g/mol. The lowest BCUT2D eigenvalue weighted by Crippen LogP contribution is -2.33. The minimum atomic E-state index is -3.30. The van der Waals surface area contributed by atoms with Gasteiger partial charge in [0.1, 0.15) is 0 Å². The summed E-state index contributed by atoms with van der Waals surface area (Å²) in [6, 6.07) is 6.08. The van der Waals surface area contributed by atoms with Gasteiger partial charge in [0.25, 0.3) is 0 Å². The number of sulfonamides is 1. The molecule has 1 unspecified atom stereocenters. The first-order chi connectivity index (χ1) is 12.2. The molecule has 0 bridgehead atoms. The highest BCUT2D eigenvalue weighted by Crippen LogP contribution is 2.48. The third-order valence-corrected chi connectivity index (χ3v) is 6.25. The smallest absolute Gasteiger partial charge is 0.209 e. The molecule has 2 aromatic rings. The number of rotatable bonds is 4. The summed E-state index contributed by atoms with van der Waals surface area (Å²) < 4.78 is 28.2. The largest absolute Gasteiger partial charge is 0.308 e. The molecule has 8 heteroatoms. The van der Waals surface area contributed by atoms with Crippen LogP contribution in [0.3, 0.4) is 0 Å². The highest BCUT2D eigenvalue weighted by atomic mass is 35.5. The van der Waals surface area contributed by atoms with E-state index < -0.39 is 15.6 Å². The molecule has 4 rings (SSSR count). The summed E-state index contributed by atoms with van der Waals surface area (Å²) in [7, 11) is -1.35. The van der Waals surface area contributed by atoms with E-state index in [4.69, 9.17) is 16.7 Å². The number of aromatic nitrogens is 2. The Morgan fingerprint density at radius 1 is 1.35 bits per heavy atom. The molecule has 1 aliphatic carbocycles. The van der Waals surface area contributed by atoms with Crippen LogP contribution in [0, 0.1) is 0 Å². The van der Waals surface area contributed by atoms with Crippen molar-refractivity contribution in [1.29, 1.82) is 0 Å². The van der Waals surface area contributed by atoms with E-state index >= 15 is 0 Å². The SMILES string of the molecule is CC1NCCc2c1nn(C)c2-c1cc(Cl)cc(C2(NS(C)(=O)=O)CC2)c1. The molecule has 2 heterocycles. The molecule has 0 spiro atoms.